The molecule has 0 atom stereocenters. The van der Waals surface area contributed by atoms with Crippen LogP contribution in [0.3, 0.4) is 0 Å². The Morgan fingerprint density at radius 1 is 0.688 bits per heavy atom. The zero-order chi connectivity index (χ0) is 11.4. The molecule has 6 heteroatoms. The first-order chi connectivity index (χ1) is 7.77. The topological polar surface area (TPSA) is 65.3 Å². The zero-order valence-corrected chi connectivity index (χ0v) is 9.26. The molecule has 0 spiro atoms. The van der Waals surface area contributed by atoms with Gasteiger partial charge >= 0.3 is 12.1 Å². The van der Waals surface area contributed by atoms with Gasteiger partial charge in [-0.3, -0.25) is 0 Å². The van der Waals surface area contributed by atoms with Crippen molar-refractivity contribution in [1.29, 1.82) is 0 Å². The quantitative estimate of drug-likeness (QED) is 0.589. The molecule has 2 aliphatic heterocycles. The lowest BCUT2D eigenvalue weighted by atomic mass is 10.4. The van der Waals surface area contributed by atoms with Crippen LogP contribution in [-0.4, -0.2) is 48.0 Å². The molecule has 2 rings (SSSR count). The van der Waals surface area contributed by atoms with Crippen molar-refractivity contribution in [2.45, 2.75) is 25.7 Å². The minimum absolute atomic E-state index is 0.384. The lowest BCUT2D eigenvalue weighted by Gasteiger charge is -2.11. The molecule has 0 aromatic carbocycles. The fourth-order valence-electron chi connectivity index (χ4n) is 2.03. The highest BCUT2D eigenvalue weighted by Crippen LogP contribution is 2.11. The van der Waals surface area contributed by atoms with E-state index in [1.807, 2.05) is 0 Å². The number of hydrogen-bond acceptors (Lipinski definition) is 2. The molecule has 0 bridgehead atoms. The molecule has 88 valence electrons. The molecule has 2 heterocycles. The largest absolute Gasteiger partial charge is 0.362 e. The van der Waals surface area contributed by atoms with Crippen molar-refractivity contribution in [3.63, 3.8) is 0 Å². The minimum atomic E-state index is -0.384. The highest BCUT2D eigenvalue weighted by atomic mass is 16.2. The average Bonchev–Trinajstić information content (AvgIpc) is 2.95. The Morgan fingerprint density at radius 3 is 1.31 bits per heavy atom. The molecule has 2 saturated heterocycles. The van der Waals surface area contributed by atoms with Crippen LogP contribution in [0.25, 0.3) is 0 Å². The summed E-state index contributed by atoms with van der Waals surface area (Å²) in [6.45, 7) is 2.93. The van der Waals surface area contributed by atoms with Crippen LogP contribution in [0, 0.1) is 0 Å². The summed E-state index contributed by atoms with van der Waals surface area (Å²) in [5.41, 5.74) is 0. The summed E-state index contributed by atoms with van der Waals surface area (Å²) in [5.74, 6) is 0. The van der Waals surface area contributed by atoms with E-state index in [-0.39, 0.29) is 12.1 Å². The summed E-state index contributed by atoms with van der Waals surface area (Å²) in [5, 5.41) is 6.94. The van der Waals surface area contributed by atoms with Crippen LogP contribution < -0.4 is 0 Å². The second kappa shape index (κ2) is 5.05. The molecular weight excluding hydrogens is 208 g/mol. The van der Waals surface area contributed by atoms with Crippen LogP contribution in [0.2, 0.25) is 0 Å². The summed E-state index contributed by atoms with van der Waals surface area (Å²) in [6, 6.07) is -0.768. The third-order valence-electron chi connectivity index (χ3n) is 2.97. The first kappa shape index (κ1) is 11.0. The van der Waals surface area contributed by atoms with Gasteiger partial charge in [0.1, 0.15) is 0 Å². The Bertz CT molecular complexity index is 274. The number of azo groups is 1. The van der Waals surface area contributed by atoms with Gasteiger partial charge in [-0.25, -0.2) is 9.59 Å². The number of amides is 4. The molecule has 0 aliphatic carbocycles. The van der Waals surface area contributed by atoms with Crippen LogP contribution in [0.15, 0.2) is 10.2 Å². The Labute approximate surface area is 94.3 Å². The van der Waals surface area contributed by atoms with Gasteiger partial charge in [0.2, 0.25) is 0 Å². The molecule has 2 fully saturated rings. The molecule has 4 amide bonds. The second-order valence-corrected chi connectivity index (χ2v) is 4.15. The van der Waals surface area contributed by atoms with Crippen molar-refractivity contribution >= 4 is 12.1 Å². The normalized spacial score (nSPS) is 21.0. The van der Waals surface area contributed by atoms with Gasteiger partial charge in [0, 0.05) is 26.2 Å². The molecule has 0 saturated carbocycles. The molecule has 6 nitrogen and oxygen atoms in total. The Kier molecular flexibility index (Phi) is 3.48. The van der Waals surface area contributed by atoms with Gasteiger partial charge in [0.05, 0.1) is 0 Å². The highest BCUT2D eigenvalue weighted by Gasteiger charge is 2.20. The van der Waals surface area contributed by atoms with Gasteiger partial charge in [-0.15, -0.1) is 0 Å². The third kappa shape index (κ3) is 2.56. The molecule has 2 aliphatic rings. The van der Waals surface area contributed by atoms with E-state index >= 15 is 0 Å². The van der Waals surface area contributed by atoms with Crippen molar-refractivity contribution in [3.05, 3.63) is 0 Å². The summed E-state index contributed by atoms with van der Waals surface area (Å²) >= 11 is 0. The third-order valence-corrected chi connectivity index (χ3v) is 2.97. The number of hydrogen-bond donors (Lipinski definition) is 0. The smallest absolute Gasteiger partial charge is 0.322 e. The maximum atomic E-state index is 11.5. The van der Waals surface area contributed by atoms with Crippen molar-refractivity contribution in [2.75, 3.05) is 26.2 Å². The summed E-state index contributed by atoms with van der Waals surface area (Å²) in [6.07, 6.45) is 4.06. The van der Waals surface area contributed by atoms with E-state index in [2.05, 4.69) is 10.2 Å². The summed E-state index contributed by atoms with van der Waals surface area (Å²) in [4.78, 5) is 26.2. The number of carbonyl (C=O) groups excluding carboxylic acids is 2. The molecule has 0 N–H and O–H groups in total. The second-order valence-electron chi connectivity index (χ2n) is 4.15. The first-order valence-electron chi connectivity index (χ1n) is 5.77. The monoisotopic (exact) mass is 224 g/mol. The fourth-order valence-corrected chi connectivity index (χ4v) is 2.03. The van der Waals surface area contributed by atoms with E-state index in [4.69, 9.17) is 0 Å². The van der Waals surface area contributed by atoms with Crippen LogP contribution in [-0.2, 0) is 0 Å². The number of nitrogens with zero attached hydrogens (tertiary/aromatic N) is 4. The molecule has 0 aromatic heterocycles. The molecule has 16 heavy (non-hydrogen) atoms. The van der Waals surface area contributed by atoms with E-state index in [1.54, 1.807) is 9.80 Å². The lowest BCUT2D eigenvalue weighted by Crippen LogP contribution is -2.26. The molecular formula is C10H16N4O2. The average molecular weight is 224 g/mol. The summed E-state index contributed by atoms with van der Waals surface area (Å²) < 4.78 is 0. The predicted octanol–water partition coefficient (Wildman–Crippen LogP) is 1.87. The number of likely N-dealkylation sites (tertiary alicyclic amines) is 2. The standard InChI is InChI=1S/C10H16N4O2/c15-9(13-5-1-2-6-13)11-12-10(16)14-7-3-4-8-14/h1-8H2/b12-11+. The zero-order valence-electron chi connectivity index (χ0n) is 9.26. The van der Waals surface area contributed by atoms with Gasteiger partial charge in [0.25, 0.3) is 0 Å². The van der Waals surface area contributed by atoms with Crippen LogP contribution in [0.1, 0.15) is 25.7 Å². The van der Waals surface area contributed by atoms with Crippen LogP contribution >= 0.6 is 0 Å². The van der Waals surface area contributed by atoms with E-state index < -0.39 is 0 Å². The Balaban J connectivity index is 1.82. The number of carbonyl (C=O) groups is 2. The van der Waals surface area contributed by atoms with Gasteiger partial charge in [-0.2, -0.15) is 0 Å². The molecule has 0 unspecified atom stereocenters. The Hall–Kier alpha value is -1.46. The maximum Gasteiger partial charge on any atom is 0.362 e. The van der Waals surface area contributed by atoms with Gasteiger partial charge in [-0.05, 0) is 25.7 Å². The lowest BCUT2D eigenvalue weighted by molar-refractivity contribution is 0.209. The van der Waals surface area contributed by atoms with E-state index in [0.29, 0.717) is 0 Å². The van der Waals surface area contributed by atoms with Crippen molar-refractivity contribution in [3.8, 4) is 0 Å². The SMILES string of the molecule is O=C(/N=N/C(=O)N1CCCC1)N1CCCC1. The maximum absolute atomic E-state index is 11.5. The van der Waals surface area contributed by atoms with Gasteiger partial charge < -0.3 is 9.80 Å². The summed E-state index contributed by atoms with van der Waals surface area (Å²) in [7, 11) is 0. The molecule has 0 radical (unpaired) electrons. The minimum Gasteiger partial charge on any atom is -0.322 e. The van der Waals surface area contributed by atoms with E-state index in [1.165, 1.54) is 0 Å². The van der Waals surface area contributed by atoms with Crippen molar-refractivity contribution in [1.82, 2.24) is 9.80 Å². The Morgan fingerprint density at radius 2 is 1.00 bits per heavy atom. The van der Waals surface area contributed by atoms with Gasteiger partial charge in [0.15, 0.2) is 0 Å². The van der Waals surface area contributed by atoms with Gasteiger partial charge in [-0.1, -0.05) is 10.2 Å². The van der Waals surface area contributed by atoms with Crippen LogP contribution in [0.5, 0.6) is 0 Å². The first-order valence-corrected chi connectivity index (χ1v) is 5.77. The molecule has 0 aromatic rings. The van der Waals surface area contributed by atoms with Crippen molar-refractivity contribution in [2.24, 2.45) is 10.2 Å². The van der Waals surface area contributed by atoms with Crippen LogP contribution in [0.4, 0.5) is 9.59 Å². The fraction of sp³-hybridized carbons (Fsp3) is 0.800. The number of urea groups is 2. The highest BCUT2D eigenvalue weighted by molar-refractivity contribution is 5.80. The predicted molar refractivity (Wildman–Crippen MR) is 57.3 cm³/mol. The number of rotatable bonds is 0. The van der Waals surface area contributed by atoms with Crippen molar-refractivity contribution < 1.29 is 9.59 Å². The van der Waals surface area contributed by atoms with E-state index in [0.717, 1.165) is 51.9 Å². The van der Waals surface area contributed by atoms with E-state index in [9.17, 15) is 9.59 Å².